The fourth-order valence-corrected chi connectivity index (χ4v) is 3.20. The van der Waals surface area contributed by atoms with Crippen LogP contribution in [0.25, 0.3) is 11.3 Å². The molecule has 2 aromatic rings. The monoisotopic (exact) mass is 378 g/mol. The van der Waals surface area contributed by atoms with E-state index in [0.717, 1.165) is 31.6 Å². The molecular weight excluding hydrogens is 354 g/mol. The summed E-state index contributed by atoms with van der Waals surface area (Å²) in [6.07, 6.45) is 5.09. The van der Waals surface area contributed by atoms with Gasteiger partial charge in [0.2, 0.25) is 5.91 Å². The van der Waals surface area contributed by atoms with Crippen molar-refractivity contribution in [3.05, 3.63) is 30.3 Å². The molecule has 1 aromatic carbocycles. The summed E-state index contributed by atoms with van der Waals surface area (Å²) in [5.41, 5.74) is 1.44. The standard InChI is InChI=1S/C19H24F2N4O2/c20-19(21)27-15-8-6-14(7-9-15)16-13-17(24-23-16)22-18(26)5-4-12-25-10-2-1-3-11-25/h6-9,13,19H,1-5,10-12H2,(H2,22,23,24,26). The van der Waals surface area contributed by atoms with Gasteiger partial charge in [-0.25, -0.2) is 0 Å². The minimum absolute atomic E-state index is 0.0641. The summed E-state index contributed by atoms with van der Waals surface area (Å²) in [4.78, 5) is 14.5. The highest BCUT2D eigenvalue weighted by molar-refractivity contribution is 5.90. The molecule has 1 saturated heterocycles. The number of aromatic amines is 1. The number of benzene rings is 1. The van der Waals surface area contributed by atoms with Crippen LogP contribution in [0.15, 0.2) is 30.3 Å². The number of anilines is 1. The van der Waals surface area contributed by atoms with Gasteiger partial charge in [-0.2, -0.15) is 13.9 Å². The van der Waals surface area contributed by atoms with Crippen LogP contribution < -0.4 is 10.1 Å². The normalized spacial score (nSPS) is 15.1. The van der Waals surface area contributed by atoms with Gasteiger partial charge in [-0.15, -0.1) is 0 Å². The van der Waals surface area contributed by atoms with Gasteiger partial charge in [0.25, 0.3) is 0 Å². The molecule has 0 aliphatic carbocycles. The van der Waals surface area contributed by atoms with Crippen molar-refractivity contribution in [2.24, 2.45) is 0 Å². The maximum Gasteiger partial charge on any atom is 0.387 e. The molecule has 0 unspecified atom stereocenters. The number of piperidine rings is 1. The molecule has 0 spiro atoms. The van der Waals surface area contributed by atoms with Gasteiger partial charge in [-0.1, -0.05) is 6.42 Å². The number of ether oxygens (including phenoxy) is 1. The van der Waals surface area contributed by atoms with Gasteiger partial charge in [0.15, 0.2) is 5.82 Å². The Balaban J connectivity index is 1.46. The van der Waals surface area contributed by atoms with E-state index in [1.54, 1.807) is 18.2 Å². The van der Waals surface area contributed by atoms with E-state index in [4.69, 9.17) is 0 Å². The average Bonchev–Trinajstić information content (AvgIpc) is 3.11. The van der Waals surface area contributed by atoms with Gasteiger partial charge >= 0.3 is 6.61 Å². The Morgan fingerprint density at radius 1 is 1.22 bits per heavy atom. The second-order valence-corrected chi connectivity index (χ2v) is 6.62. The number of nitrogens with zero attached hydrogens (tertiary/aromatic N) is 2. The number of hydrogen-bond acceptors (Lipinski definition) is 4. The van der Waals surface area contributed by atoms with E-state index in [0.29, 0.717) is 17.9 Å². The van der Waals surface area contributed by atoms with Crippen molar-refractivity contribution in [2.75, 3.05) is 25.0 Å². The third-order valence-corrected chi connectivity index (χ3v) is 4.56. The molecular formula is C19H24F2N4O2. The lowest BCUT2D eigenvalue weighted by Crippen LogP contribution is -2.31. The van der Waals surface area contributed by atoms with E-state index >= 15 is 0 Å². The Morgan fingerprint density at radius 2 is 1.96 bits per heavy atom. The number of carbonyl (C=O) groups is 1. The lowest BCUT2D eigenvalue weighted by Gasteiger charge is -2.26. The SMILES string of the molecule is O=C(CCCN1CCCCC1)Nc1cc(-c2ccc(OC(F)F)cc2)[nH]n1. The summed E-state index contributed by atoms with van der Waals surface area (Å²) < 4.78 is 28.7. The molecule has 1 aliphatic heterocycles. The number of likely N-dealkylation sites (tertiary alicyclic amines) is 1. The molecule has 2 N–H and O–H groups in total. The highest BCUT2D eigenvalue weighted by Crippen LogP contribution is 2.23. The first-order valence-corrected chi connectivity index (χ1v) is 9.23. The first kappa shape index (κ1) is 19.3. The predicted octanol–water partition coefficient (Wildman–Crippen LogP) is 3.88. The topological polar surface area (TPSA) is 70.2 Å². The zero-order valence-electron chi connectivity index (χ0n) is 15.1. The molecule has 0 radical (unpaired) electrons. The van der Waals surface area contributed by atoms with Crippen LogP contribution in [0.4, 0.5) is 14.6 Å². The molecule has 8 heteroatoms. The minimum atomic E-state index is -2.85. The highest BCUT2D eigenvalue weighted by Gasteiger charge is 2.12. The van der Waals surface area contributed by atoms with Crippen LogP contribution in [0.3, 0.4) is 0 Å². The number of nitrogens with one attached hydrogen (secondary N) is 2. The van der Waals surface area contributed by atoms with Gasteiger partial charge in [0.1, 0.15) is 5.75 Å². The molecule has 0 bridgehead atoms. The minimum Gasteiger partial charge on any atom is -0.435 e. The molecule has 0 saturated carbocycles. The Labute approximate surface area is 156 Å². The van der Waals surface area contributed by atoms with E-state index in [9.17, 15) is 13.6 Å². The number of hydrogen-bond donors (Lipinski definition) is 2. The van der Waals surface area contributed by atoms with Crippen molar-refractivity contribution in [3.63, 3.8) is 0 Å². The van der Waals surface area contributed by atoms with Crippen molar-refractivity contribution in [3.8, 4) is 17.0 Å². The third-order valence-electron chi connectivity index (χ3n) is 4.56. The summed E-state index contributed by atoms with van der Waals surface area (Å²) in [7, 11) is 0. The summed E-state index contributed by atoms with van der Waals surface area (Å²) in [6.45, 7) is 0.364. The van der Waals surface area contributed by atoms with Crippen molar-refractivity contribution in [1.29, 1.82) is 0 Å². The fraction of sp³-hybridized carbons (Fsp3) is 0.474. The van der Waals surface area contributed by atoms with Gasteiger partial charge in [-0.3, -0.25) is 9.89 Å². The van der Waals surface area contributed by atoms with E-state index in [2.05, 4.69) is 25.2 Å². The van der Waals surface area contributed by atoms with Gasteiger partial charge in [-0.05, 0) is 68.7 Å². The van der Waals surface area contributed by atoms with E-state index < -0.39 is 6.61 Å². The lowest BCUT2D eigenvalue weighted by atomic mass is 10.1. The van der Waals surface area contributed by atoms with E-state index in [1.165, 1.54) is 31.4 Å². The molecule has 146 valence electrons. The van der Waals surface area contributed by atoms with Crippen LogP contribution in [0.1, 0.15) is 32.1 Å². The Morgan fingerprint density at radius 3 is 2.67 bits per heavy atom. The Kier molecular flexibility index (Phi) is 6.75. The zero-order valence-corrected chi connectivity index (χ0v) is 15.1. The van der Waals surface area contributed by atoms with Crippen LogP contribution in [0, 0.1) is 0 Å². The molecule has 1 fully saturated rings. The lowest BCUT2D eigenvalue weighted by molar-refractivity contribution is -0.116. The number of amides is 1. The third kappa shape index (κ3) is 6.02. The first-order chi connectivity index (χ1) is 13.1. The second kappa shape index (κ2) is 9.45. The van der Waals surface area contributed by atoms with Crippen molar-refractivity contribution in [2.45, 2.75) is 38.7 Å². The Bertz CT molecular complexity index is 728. The fourth-order valence-electron chi connectivity index (χ4n) is 3.20. The highest BCUT2D eigenvalue weighted by atomic mass is 19.3. The molecule has 27 heavy (non-hydrogen) atoms. The van der Waals surface area contributed by atoms with Crippen LogP contribution in [0.2, 0.25) is 0 Å². The quantitative estimate of drug-likeness (QED) is 0.731. The zero-order chi connectivity index (χ0) is 19.1. The maximum atomic E-state index is 12.2. The Hall–Kier alpha value is -2.48. The van der Waals surface area contributed by atoms with E-state index in [-0.39, 0.29) is 11.7 Å². The van der Waals surface area contributed by atoms with Crippen molar-refractivity contribution >= 4 is 11.7 Å². The van der Waals surface area contributed by atoms with Crippen LogP contribution in [0.5, 0.6) is 5.75 Å². The largest absolute Gasteiger partial charge is 0.435 e. The molecule has 3 rings (SSSR count). The van der Waals surface area contributed by atoms with Crippen molar-refractivity contribution < 1.29 is 18.3 Å². The molecule has 0 atom stereocenters. The summed E-state index contributed by atoms with van der Waals surface area (Å²) in [5.74, 6) is 0.474. The van der Waals surface area contributed by atoms with Crippen LogP contribution in [-0.4, -0.2) is 47.3 Å². The van der Waals surface area contributed by atoms with Gasteiger partial charge in [0, 0.05) is 12.5 Å². The molecule has 1 aliphatic rings. The first-order valence-electron chi connectivity index (χ1n) is 9.23. The number of alkyl halides is 2. The number of H-pyrrole nitrogens is 1. The summed E-state index contributed by atoms with van der Waals surface area (Å²) in [5, 5.41) is 9.70. The average molecular weight is 378 g/mol. The van der Waals surface area contributed by atoms with Crippen LogP contribution >= 0.6 is 0 Å². The van der Waals surface area contributed by atoms with Gasteiger partial charge in [0.05, 0.1) is 5.69 Å². The molecule has 1 aromatic heterocycles. The maximum absolute atomic E-state index is 12.2. The van der Waals surface area contributed by atoms with Gasteiger partial charge < -0.3 is 15.0 Å². The molecule has 6 nitrogen and oxygen atoms in total. The number of halogens is 2. The van der Waals surface area contributed by atoms with Crippen molar-refractivity contribution in [1.82, 2.24) is 15.1 Å². The number of aromatic nitrogens is 2. The summed E-state index contributed by atoms with van der Waals surface area (Å²) >= 11 is 0. The second-order valence-electron chi connectivity index (χ2n) is 6.62. The van der Waals surface area contributed by atoms with E-state index in [1.807, 2.05) is 0 Å². The number of carbonyl (C=O) groups excluding carboxylic acids is 1. The molecule has 1 amide bonds. The van der Waals surface area contributed by atoms with Crippen LogP contribution in [-0.2, 0) is 4.79 Å². The molecule has 2 heterocycles. The smallest absolute Gasteiger partial charge is 0.387 e. The summed E-state index contributed by atoms with van der Waals surface area (Å²) in [6, 6.07) is 7.93. The predicted molar refractivity (Wildman–Crippen MR) is 98.8 cm³/mol. The number of rotatable bonds is 8.